The molecule has 5 heteroatoms. The lowest BCUT2D eigenvalue weighted by Gasteiger charge is -2.32. The molecule has 92 valence electrons. The number of carbonyl (C=O) groups excluding carboxylic acids is 2. The summed E-state index contributed by atoms with van der Waals surface area (Å²) in [6.45, 7) is 6.87. The summed E-state index contributed by atoms with van der Waals surface area (Å²) in [6.07, 6.45) is 1.89. The van der Waals surface area contributed by atoms with Crippen molar-refractivity contribution in [1.29, 1.82) is 0 Å². The first-order valence-electron chi connectivity index (χ1n) is 5.83. The van der Waals surface area contributed by atoms with Gasteiger partial charge in [0, 0.05) is 19.5 Å². The average Bonchev–Trinajstić information content (AvgIpc) is 2.17. The lowest BCUT2D eigenvalue weighted by Crippen LogP contribution is -2.54. The predicted molar refractivity (Wildman–Crippen MR) is 62.1 cm³/mol. The molecule has 1 saturated heterocycles. The highest BCUT2D eigenvalue weighted by atomic mass is 16.2. The van der Waals surface area contributed by atoms with E-state index >= 15 is 0 Å². The van der Waals surface area contributed by atoms with Gasteiger partial charge in [0.2, 0.25) is 5.91 Å². The zero-order valence-corrected chi connectivity index (χ0v) is 10.2. The second-order valence-corrected chi connectivity index (χ2v) is 4.49. The third-order valence-electron chi connectivity index (χ3n) is 2.61. The number of urea groups is 1. The largest absolute Gasteiger partial charge is 0.335 e. The van der Waals surface area contributed by atoms with Gasteiger partial charge in [-0.05, 0) is 33.2 Å². The maximum Gasteiger partial charge on any atom is 0.324 e. The van der Waals surface area contributed by atoms with Crippen LogP contribution in [0.5, 0.6) is 0 Å². The fourth-order valence-electron chi connectivity index (χ4n) is 1.94. The van der Waals surface area contributed by atoms with Crippen molar-refractivity contribution in [1.82, 2.24) is 15.5 Å². The fourth-order valence-corrected chi connectivity index (χ4v) is 1.94. The summed E-state index contributed by atoms with van der Waals surface area (Å²) in [5, 5.41) is 5.96. The minimum atomic E-state index is -0.281. The average molecular weight is 227 g/mol. The van der Waals surface area contributed by atoms with Crippen LogP contribution in [-0.2, 0) is 4.79 Å². The highest BCUT2D eigenvalue weighted by molar-refractivity contribution is 5.93. The third kappa shape index (κ3) is 3.48. The molecule has 0 aliphatic carbocycles. The molecular weight excluding hydrogens is 206 g/mol. The van der Waals surface area contributed by atoms with Crippen molar-refractivity contribution >= 4 is 11.9 Å². The van der Waals surface area contributed by atoms with Crippen LogP contribution in [0.25, 0.3) is 0 Å². The molecular formula is C11H21N3O2. The molecule has 0 aromatic heterocycles. The van der Waals surface area contributed by atoms with Crippen molar-refractivity contribution in [2.75, 3.05) is 13.1 Å². The van der Waals surface area contributed by atoms with Crippen molar-refractivity contribution < 1.29 is 9.59 Å². The molecule has 1 aliphatic heterocycles. The maximum absolute atomic E-state index is 11.9. The van der Waals surface area contributed by atoms with Gasteiger partial charge in [-0.25, -0.2) is 4.79 Å². The Morgan fingerprint density at radius 3 is 2.56 bits per heavy atom. The zero-order chi connectivity index (χ0) is 12.1. The van der Waals surface area contributed by atoms with Crippen LogP contribution in [0.2, 0.25) is 0 Å². The first-order chi connectivity index (χ1) is 7.52. The minimum absolute atomic E-state index is 0.00926. The molecule has 1 aliphatic rings. The lowest BCUT2D eigenvalue weighted by molar-refractivity contribution is -0.128. The second kappa shape index (κ2) is 5.84. The van der Waals surface area contributed by atoms with Crippen LogP contribution in [0.4, 0.5) is 4.79 Å². The Morgan fingerprint density at radius 1 is 1.44 bits per heavy atom. The van der Waals surface area contributed by atoms with Gasteiger partial charge in [0.1, 0.15) is 0 Å². The van der Waals surface area contributed by atoms with E-state index in [9.17, 15) is 9.59 Å². The van der Waals surface area contributed by atoms with Gasteiger partial charge in [0.05, 0.1) is 6.04 Å². The van der Waals surface area contributed by atoms with Gasteiger partial charge in [-0.1, -0.05) is 0 Å². The van der Waals surface area contributed by atoms with E-state index in [1.165, 1.54) is 11.8 Å². The standard InChI is InChI=1S/C11H21N3O2/c1-8(2)13-11(16)14(9(3)15)10-5-4-6-12-7-10/h8,10,12H,4-7H2,1-3H3,(H,13,16). The Labute approximate surface area is 96.6 Å². The van der Waals surface area contributed by atoms with Crippen LogP contribution < -0.4 is 10.6 Å². The Kier molecular flexibility index (Phi) is 4.73. The van der Waals surface area contributed by atoms with Crippen LogP contribution in [0.15, 0.2) is 0 Å². The summed E-state index contributed by atoms with van der Waals surface area (Å²) >= 11 is 0. The van der Waals surface area contributed by atoms with Crippen LogP contribution in [-0.4, -0.2) is 42.0 Å². The number of nitrogens with one attached hydrogen (secondary N) is 2. The molecule has 5 nitrogen and oxygen atoms in total. The van der Waals surface area contributed by atoms with E-state index in [0.29, 0.717) is 6.54 Å². The lowest BCUT2D eigenvalue weighted by atomic mass is 10.1. The summed E-state index contributed by atoms with van der Waals surface area (Å²) < 4.78 is 0. The summed E-state index contributed by atoms with van der Waals surface area (Å²) in [5.74, 6) is -0.188. The smallest absolute Gasteiger partial charge is 0.324 e. The summed E-state index contributed by atoms with van der Waals surface area (Å²) in [6, 6.07) is -0.243. The predicted octanol–water partition coefficient (Wildman–Crippen LogP) is 0.705. The Bertz CT molecular complexity index is 260. The molecule has 0 spiro atoms. The molecule has 1 unspecified atom stereocenters. The third-order valence-corrected chi connectivity index (χ3v) is 2.61. The molecule has 1 heterocycles. The molecule has 0 aromatic rings. The first-order valence-corrected chi connectivity index (χ1v) is 5.83. The zero-order valence-electron chi connectivity index (χ0n) is 10.2. The number of piperidine rings is 1. The summed E-state index contributed by atoms with van der Waals surface area (Å²) in [5.41, 5.74) is 0. The van der Waals surface area contributed by atoms with Gasteiger partial charge in [0.15, 0.2) is 0 Å². The van der Waals surface area contributed by atoms with E-state index in [0.717, 1.165) is 19.4 Å². The van der Waals surface area contributed by atoms with E-state index in [1.54, 1.807) is 0 Å². The van der Waals surface area contributed by atoms with Gasteiger partial charge in [-0.3, -0.25) is 9.69 Å². The molecule has 3 amide bonds. The molecule has 0 radical (unpaired) electrons. The summed E-state index contributed by atoms with van der Waals surface area (Å²) in [4.78, 5) is 24.7. The molecule has 2 N–H and O–H groups in total. The van der Waals surface area contributed by atoms with Crippen molar-refractivity contribution in [2.24, 2.45) is 0 Å². The van der Waals surface area contributed by atoms with Crippen molar-refractivity contribution in [3.63, 3.8) is 0 Å². The van der Waals surface area contributed by atoms with Crippen LogP contribution in [0.1, 0.15) is 33.6 Å². The van der Waals surface area contributed by atoms with Gasteiger partial charge in [0.25, 0.3) is 0 Å². The van der Waals surface area contributed by atoms with Gasteiger partial charge < -0.3 is 10.6 Å². The molecule has 1 rings (SSSR count). The monoisotopic (exact) mass is 227 g/mol. The Morgan fingerprint density at radius 2 is 2.12 bits per heavy atom. The van der Waals surface area contributed by atoms with E-state index in [-0.39, 0.29) is 24.0 Å². The molecule has 0 bridgehead atoms. The van der Waals surface area contributed by atoms with E-state index in [4.69, 9.17) is 0 Å². The first kappa shape index (κ1) is 13.0. The van der Waals surface area contributed by atoms with Crippen molar-refractivity contribution in [2.45, 2.75) is 45.7 Å². The van der Waals surface area contributed by atoms with E-state index in [2.05, 4.69) is 10.6 Å². The second-order valence-electron chi connectivity index (χ2n) is 4.49. The number of imide groups is 1. The maximum atomic E-state index is 11.9. The van der Waals surface area contributed by atoms with Gasteiger partial charge in [-0.2, -0.15) is 0 Å². The van der Waals surface area contributed by atoms with E-state index in [1.807, 2.05) is 13.8 Å². The molecule has 1 atom stereocenters. The van der Waals surface area contributed by atoms with Crippen molar-refractivity contribution in [3.05, 3.63) is 0 Å². The normalized spacial score (nSPS) is 20.6. The topological polar surface area (TPSA) is 61.4 Å². The molecule has 16 heavy (non-hydrogen) atoms. The molecule has 1 fully saturated rings. The summed E-state index contributed by atoms with van der Waals surface area (Å²) in [7, 11) is 0. The highest BCUT2D eigenvalue weighted by Gasteiger charge is 2.28. The fraction of sp³-hybridized carbons (Fsp3) is 0.818. The quantitative estimate of drug-likeness (QED) is 0.730. The number of hydrogen-bond acceptors (Lipinski definition) is 3. The minimum Gasteiger partial charge on any atom is -0.335 e. The SMILES string of the molecule is CC(=O)N(C(=O)NC(C)C)C1CCCNC1. The number of hydrogen-bond donors (Lipinski definition) is 2. The number of carbonyl (C=O) groups is 2. The van der Waals surface area contributed by atoms with Crippen LogP contribution in [0, 0.1) is 0 Å². The van der Waals surface area contributed by atoms with Crippen molar-refractivity contribution in [3.8, 4) is 0 Å². The highest BCUT2D eigenvalue weighted by Crippen LogP contribution is 2.11. The van der Waals surface area contributed by atoms with Gasteiger partial charge >= 0.3 is 6.03 Å². The molecule has 0 saturated carbocycles. The molecule has 0 aromatic carbocycles. The van der Waals surface area contributed by atoms with E-state index < -0.39 is 0 Å². The van der Waals surface area contributed by atoms with Crippen LogP contribution >= 0.6 is 0 Å². The number of amides is 3. The number of rotatable bonds is 2. The van der Waals surface area contributed by atoms with Crippen LogP contribution in [0.3, 0.4) is 0 Å². The number of nitrogens with zero attached hydrogens (tertiary/aromatic N) is 1. The Balaban J connectivity index is 2.65. The van der Waals surface area contributed by atoms with Gasteiger partial charge in [-0.15, -0.1) is 0 Å². The Hall–Kier alpha value is -1.10.